The van der Waals surface area contributed by atoms with E-state index in [1.165, 1.54) is 0 Å². The van der Waals surface area contributed by atoms with Gasteiger partial charge in [-0.3, -0.25) is 0 Å². The highest BCUT2D eigenvalue weighted by Gasteiger charge is 2.22. The van der Waals surface area contributed by atoms with Crippen LogP contribution in [0.1, 0.15) is 6.42 Å². The van der Waals surface area contributed by atoms with Gasteiger partial charge in [0.1, 0.15) is 0 Å². The summed E-state index contributed by atoms with van der Waals surface area (Å²) in [6.45, 7) is 1.81. The van der Waals surface area contributed by atoms with Crippen LogP contribution in [0.2, 0.25) is 0 Å². The van der Waals surface area contributed by atoms with E-state index in [0.29, 0.717) is 0 Å². The Kier molecular flexibility index (Phi) is 1.69. The molecule has 6 nitrogen and oxygen atoms in total. The van der Waals surface area contributed by atoms with E-state index in [-0.39, 0.29) is 6.04 Å². The fourth-order valence-electron chi connectivity index (χ4n) is 1.46. The first kappa shape index (κ1) is 7.48. The standard InChI is InChI=1S/C6H12N6/c1-11-6(8-9-10-11)12-3-2-5(7)4-12/h5H,2-4,7H2,1H3/t5-/m0/s1. The Labute approximate surface area is 70.3 Å². The number of rotatable bonds is 1. The van der Waals surface area contributed by atoms with Gasteiger partial charge in [0.2, 0.25) is 5.95 Å². The van der Waals surface area contributed by atoms with Crippen molar-refractivity contribution in [1.82, 2.24) is 20.2 Å². The van der Waals surface area contributed by atoms with Gasteiger partial charge in [0, 0.05) is 26.2 Å². The van der Waals surface area contributed by atoms with Gasteiger partial charge in [0.05, 0.1) is 0 Å². The first-order valence-electron chi connectivity index (χ1n) is 4.00. The number of anilines is 1. The van der Waals surface area contributed by atoms with Crippen molar-refractivity contribution in [3.8, 4) is 0 Å². The zero-order valence-corrected chi connectivity index (χ0v) is 7.01. The summed E-state index contributed by atoms with van der Waals surface area (Å²) in [7, 11) is 1.83. The Bertz CT molecular complexity index is 269. The van der Waals surface area contributed by atoms with Gasteiger partial charge in [-0.25, -0.2) is 4.68 Å². The van der Waals surface area contributed by atoms with Gasteiger partial charge in [-0.15, -0.1) is 0 Å². The maximum atomic E-state index is 5.76. The van der Waals surface area contributed by atoms with E-state index in [9.17, 15) is 0 Å². The molecule has 12 heavy (non-hydrogen) atoms. The molecule has 0 aliphatic carbocycles. The number of nitrogens with zero attached hydrogens (tertiary/aromatic N) is 5. The molecule has 1 aliphatic heterocycles. The van der Waals surface area contributed by atoms with E-state index in [1.807, 2.05) is 7.05 Å². The molecule has 6 heteroatoms. The quantitative estimate of drug-likeness (QED) is 0.567. The third kappa shape index (κ3) is 1.14. The molecule has 0 aromatic carbocycles. The lowest BCUT2D eigenvalue weighted by Gasteiger charge is -2.13. The number of nitrogens with two attached hydrogens (primary N) is 1. The van der Waals surface area contributed by atoms with Crippen molar-refractivity contribution in [1.29, 1.82) is 0 Å². The second-order valence-corrected chi connectivity index (χ2v) is 3.10. The highest BCUT2D eigenvalue weighted by atomic mass is 15.6. The second-order valence-electron chi connectivity index (χ2n) is 3.10. The summed E-state index contributed by atoms with van der Waals surface area (Å²) in [5.41, 5.74) is 5.76. The van der Waals surface area contributed by atoms with Gasteiger partial charge in [-0.2, -0.15) is 0 Å². The molecular formula is C6H12N6. The average Bonchev–Trinajstić information content (AvgIpc) is 2.58. The fraction of sp³-hybridized carbons (Fsp3) is 0.833. The van der Waals surface area contributed by atoms with Crippen LogP contribution in [0.25, 0.3) is 0 Å². The van der Waals surface area contributed by atoms with Crippen LogP contribution in [-0.2, 0) is 7.05 Å². The molecule has 0 spiro atoms. The summed E-state index contributed by atoms with van der Waals surface area (Å²) < 4.78 is 1.66. The van der Waals surface area contributed by atoms with Crippen LogP contribution in [0.5, 0.6) is 0 Å². The Balaban J connectivity index is 2.16. The third-order valence-electron chi connectivity index (χ3n) is 2.11. The molecule has 0 saturated carbocycles. The molecule has 1 aromatic heterocycles. The molecule has 66 valence electrons. The van der Waals surface area contributed by atoms with Gasteiger partial charge in [0.15, 0.2) is 0 Å². The molecular weight excluding hydrogens is 156 g/mol. The Morgan fingerprint density at radius 2 is 2.42 bits per heavy atom. The highest BCUT2D eigenvalue weighted by Crippen LogP contribution is 2.14. The molecule has 2 N–H and O–H groups in total. The smallest absolute Gasteiger partial charge is 0.245 e. The van der Waals surface area contributed by atoms with E-state index in [4.69, 9.17) is 5.73 Å². The Hall–Kier alpha value is -1.17. The van der Waals surface area contributed by atoms with Crippen LogP contribution in [-0.4, -0.2) is 39.3 Å². The van der Waals surface area contributed by atoms with Crippen molar-refractivity contribution in [3.63, 3.8) is 0 Å². The molecule has 2 heterocycles. The minimum Gasteiger partial charge on any atom is -0.338 e. The molecule has 0 unspecified atom stereocenters. The van der Waals surface area contributed by atoms with Crippen LogP contribution < -0.4 is 10.6 Å². The van der Waals surface area contributed by atoms with Gasteiger partial charge in [-0.1, -0.05) is 5.10 Å². The number of tetrazole rings is 1. The number of hydrogen-bond acceptors (Lipinski definition) is 5. The second kappa shape index (κ2) is 2.71. The van der Waals surface area contributed by atoms with Gasteiger partial charge < -0.3 is 10.6 Å². The number of hydrogen-bond donors (Lipinski definition) is 1. The topological polar surface area (TPSA) is 72.9 Å². The lowest BCUT2D eigenvalue weighted by atomic mass is 10.3. The normalized spacial score (nSPS) is 23.5. The predicted molar refractivity (Wildman–Crippen MR) is 43.6 cm³/mol. The van der Waals surface area contributed by atoms with Crippen molar-refractivity contribution >= 4 is 5.95 Å². The molecule has 2 rings (SSSR count). The molecule has 1 fully saturated rings. The predicted octanol–water partition coefficient (Wildman–Crippen LogP) is -1.25. The van der Waals surface area contributed by atoms with E-state index in [1.54, 1.807) is 4.68 Å². The molecule has 0 bridgehead atoms. The largest absolute Gasteiger partial charge is 0.338 e. The van der Waals surface area contributed by atoms with Crippen molar-refractivity contribution in [2.24, 2.45) is 12.8 Å². The minimum atomic E-state index is 0.265. The van der Waals surface area contributed by atoms with Crippen LogP contribution in [0.4, 0.5) is 5.95 Å². The van der Waals surface area contributed by atoms with Gasteiger partial charge in [-0.05, 0) is 16.8 Å². The molecule has 1 aliphatic rings. The highest BCUT2D eigenvalue weighted by molar-refractivity contribution is 5.30. The van der Waals surface area contributed by atoms with Crippen molar-refractivity contribution in [3.05, 3.63) is 0 Å². The first-order chi connectivity index (χ1) is 5.77. The third-order valence-corrected chi connectivity index (χ3v) is 2.11. The fourth-order valence-corrected chi connectivity index (χ4v) is 1.46. The SMILES string of the molecule is Cn1nnnc1N1CC[C@H](N)C1. The molecule has 0 amide bonds. The van der Waals surface area contributed by atoms with Crippen molar-refractivity contribution < 1.29 is 0 Å². The van der Waals surface area contributed by atoms with Crippen molar-refractivity contribution in [2.75, 3.05) is 18.0 Å². The molecule has 1 atom stereocenters. The molecule has 1 aromatic rings. The average molecular weight is 168 g/mol. The van der Waals surface area contributed by atoms with E-state index < -0.39 is 0 Å². The van der Waals surface area contributed by atoms with E-state index in [0.717, 1.165) is 25.5 Å². The van der Waals surface area contributed by atoms with E-state index >= 15 is 0 Å². The summed E-state index contributed by atoms with van der Waals surface area (Å²) in [6.07, 6.45) is 1.02. The van der Waals surface area contributed by atoms with Crippen LogP contribution in [0.3, 0.4) is 0 Å². The summed E-state index contributed by atoms with van der Waals surface area (Å²) in [4.78, 5) is 2.10. The Morgan fingerprint density at radius 1 is 1.58 bits per heavy atom. The lowest BCUT2D eigenvalue weighted by molar-refractivity contribution is 0.695. The zero-order valence-electron chi connectivity index (χ0n) is 7.01. The lowest BCUT2D eigenvalue weighted by Crippen LogP contribution is -2.28. The van der Waals surface area contributed by atoms with Crippen LogP contribution in [0, 0.1) is 0 Å². The van der Waals surface area contributed by atoms with Gasteiger partial charge in [0.25, 0.3) is 0 Å². The number of aryl methyl sites for hydroxylation is 1. The minimum absolute atomic E-state index is 0.265. The summed E-state index contributed by atoms with van der Waals surface area (Å²) >= 11 is 0. The van der Waals surface area contributed by atoms with Crippen molar-refractivity contribution in [2.45, 2.75) is 12.5 Å². The summed E-state index contributed by atoms with van der Waals surface area (Å²) in [5, 5.41) is 11.2. The summed E-state index contributed by atoms with van der Waals surface area (Å²) in [5.74, 6) is 0.808. The summed E-state index contributed by atoms with van der Waals surface area (Å²) in [6, 6.07) is 0.265. The molecule has 0 radical (unpaired) electrons. The number of aromatic nitrogens is 4. The maximum Gasteiger partial charge on any atom is 0.245 e. The molecule has 1 saturated heterocycles. The first-order valence-corrected chi connectivity index (χ1v) is 4.00. The van der Waals surface area contributed by atoms with Crippen LogP contribution in [0.15, 0.2) is 0 Å². The monoisotopic (exact) mass is 168 g/mol. The maximum absolute atomic E-state index is 5.76. The Morgan fingerprint density at radius 3 is 2.92 bits per heavy atom. The van der Waals surface area contributed by atoms with Crippen LogP contribution >= 0.6 is 0 Å². The van der Waals surface area contributed by atoms with Gasteiger partial charge >= 0.3 is 0 Å². The zero-order chi connectivity index (χ0) is 8.55. The van der Waals surface area contributed by atoms with E-state index in [2.05, 4.69) is 20.4 Å².